The molecule has 0 aliphatic carbocycles. The lowest BCUT2D eigenvalue weighted by Gasteiger charge is -2.14. The van der Waals surface area contributed by atoms with Gasteiger partial charge < -0.3 is 11.1 Å². The molecule has 0 unspecified atom stereocenters. The van der Waals surface area contributed by atoms with E-state index in [0.717, 1.165) is 19.4 Å². The molecule has 0 radical (unpaired) electrons. The fraction of sp³-hybridized carbons (Fsp3) is 0.889. The van der Waals surface area contributed by atoms with Gasteiger partial charge in [-0.25, -0.2) is 0 Å². The molecule has 72 valence electrons. The Morgan fingerprint density at radius 1 is 1.50 bits per heavy atom. The quantitative estimate of drug-likeness (QED) is 0.479. The van der Waals surface area contributed by atoms with Gasteiger partial charge in [0.1, 0.15) is 0 Å². The van der Waals surface area contributed by atoms with Crippen LogP contribution < -0.4 is 11.1 Å². The van der Waals surface area contributed by atoms with Crippen LogP contribution in [0.15, 0.2) is 0 Å². The van der Waals surface area contributed by atoms with Crippen molar-refractivity contribution in [2.75, 3.05) is 6.54 Å². The van der Waals surface area contributed by atoms with Gasteiger partial charge in [0.05, 0.1) is 6.04 Å². The smallest absolute Gasteiger partial charge is 0.237 e. The summed E-state index contributed by atoms with van der Waals surface area (Å²) in [5.74, 6) is 0.185. The fourth-order valence-electron chi connectivity index (χ4n) is 0.809. The fourth-order valence-corrected chi connectivity index (χ4v) is 0.809. The third kappa shape index (κ3) is 4.34. The van der Waals surface area contributed by atoms with E-state index in [9.17, 15) is 4.79 Å². The molecule has 0 saturated heterocycles. The van der Waals surface area contributed by atoms with Gasteiger partial charge in [0.15, 0.2) is 0 Å². The summed E-state index contributed by atoms with van der Waals surface area (Å²) in [4.78, 5) is 11.2. The Labute approximate surface area is 74.7 Å². The van der Waals surface area contributed by atoms with E-state index in [1.165, 1.54) is 0 Å². The predicted octanol–water partition coefficient (Wildman–Crippen LogP) is 0.886. The summed E-state index contributed by atoms with van der Waals surface area (Å²) in [7, 11) is 0. The van der Waals surface area contributed by atoms with E-state index in [0.29, 0.717) is 0 Å². The van der Waals surface area contributed by atoms with Gasteiger partial charge in [-0.2, -0.15) is 0 Å². The van der Waals surface area contributed by atoms with Crippen LogP contribution in [0.1, 0.15) is 33.6 Å². The lowest BCUT2D eigenvalue weighted by atomic mass is 10.1. The van der Waals surface area contributed by atoms with Crippen LogP contribution in [0.2, 0.25) is 0 Å². The number of amides is 1. The molecule has 0 rings (SSSR count). The zero-order chi connectivity index (χ0) is 9.56. The van der Waals surface area contributed by atoms with Crippen LogP contribution >= 0.6 is 0 Å². The Morgan fingerprint density at radius 2 is 2.08 bits per heavy atom. The first kappa shape index (κ1) is 11.4. The molecule has 12 heavy (non-hydrogen) atoms. The minimum Gasteiger partial charge on any atom is -0.355 e. The molecule has 0 aliphatic rings. The molecule has 0 aromatic rings. The summed E-state index contributed by atoms with van der Waals surface area (Å²) in [6, 6.07) is -0.359. The lowest BCUT2D eigenvalue weighted by molar-refractivity contribution is -0.123. The van der Waals surface area contributed by atoms with Crippen molar-refractivity contribution in [2.24, 2.45) is 11.7 Å². The lowest BCUT2D eigenvalue weighted by Crippen LogP contribution is -2.44. The van der Waals surface area contributed by atoms with E-state index in [-0.39, 0.29) is 17.9 Å². The van der Waals surface area contributed by atoms with E-state index >= 15 is 0 Å². The van der Waals surface area contributed by atoms with Crippen LogP contribution in [-0.2, 0) is 4.79 Å². The van der Waals surface area contributed by atoms with Crippen LogP contribution in [0.5, 0.6) is 0 Å². The molecule has 0 aliphatic heterocycles. The first-order valence-electron chi connectivity index (χ1n) is 4.62. The molecule has 3 heteroatoms. The van der Waals surface area contributed by atoms with Crippen molar-refractivity contribution in [1.82, 2.24) is 5.32 Å². The van der Waals surface area contributed by atoms with Gasteiger partial charge in [0.2, 0.25) is 5.91 Å². The van der Waals surface area contributed by atoms with Crippen LogP contribution in [-0.4, -0.2) is 18.5 Å². The van der Waals surface area contributed by atoms with E-state index in [4.69, 9.17) is 5.73 Å². The van der Waals surface area contributed by atoms with E-state index in [2.05, 4.69) is 12.2 Å². The average molecular weight is 173 g/mol. The molecule has 1 atom stereocenters. The largest absolute Gasteiger partial charge is 0.355 e. The average Bonchev–Trinajstić information content (AvgIpc) is 2.03. The third-order valence-electron chi connectivity index (χ3n) is 1.85. The highest BCUT2D eigenvalue weighted by Crippen LogP contribution is 1.97. The summed E-state index contributed by atoms with van der Waals surface area (Å²) in [6.45, 7) is 6.73. The van der Waals surface area contributed by atoms with E-state index < -0.39 is 0 Å². The Kier molecular flexibility index (Phi) is 5.72. The second-order valence-electron chi connectivity index (χ2n) is 3.41. The van der Waals surface area contributed by atoms with Crippen LogP contribution in [0.25, 0.3) is 0 Å². The number of nitrogens with two attached hydrogens (primary N) is 1. The highest BCUT2D eigenvalue weighted by atomic mass is 16.2. The number of unbranched alkanes of at least 4 members (excludes halogenated alkanes) is 1. The third-order valence-corrected chi connectivity index (χ3v) is 1.85. The summed E-state index contributed by atoms with van der Waals surface area (Å²) < 4.78 is 0. The number of rotatable bonds is 5. The van der Waals surface area contributed by atoms with Crippen molar-refractivity contribution in [3.05, 3.63) is 0 Å². The van der Waals surface area contributed by atoms with E-state index in [1.807, 2.05) is 13.8 Å². The minimum absolute atomic E-state index is 0.0292. The molecule has 0 heterocycles. The summed E-state index contributed by atoms with van der Waals surface area (Å²) in [6.07, 6.45) is 2.12. The molecule has 3 N–H and O–H groups in total. The van der Waals surface area contributed by atoms with Crippen molar-refractivity contribution in [3.8, 4) is 0 Å². The summed E-state index contributed by atoms with van der Waals surface area (Å²) >= 11 is 0. The molecule has 0 saturated carbocycles. The Balaban J connectivity index is 3.57. The Hall–Kier alpha value is -0.570. The minimum atomic E-state index is -0.359. The summed E-state index contributed by atoms with van der Waals surface area (Å²) in [5.41, 5.74) is 5.63. The molecular formula is C9H20N2O. The molecular weight excluding hydrogens is 153 g/mol. The number of carbonyl (C=O) groups excluding carboxylic acids is 1. The Bertz CT molecular complexity index is 134. The normalized spacial score (nSPS) is 13.1. The second-order valence-corrected chi connectivity index (χ2v) is 3.41. The van der Waals surface area contributed by atoms with Crippen molar-refractivity contribution in [3.63, 3.8) is 0 Å². The Morgan fingerprint density at radius 3 is 2.50 bits per heavy atom. The molecule has 1 amide bonds. The first-order valence-corrected chi connectivity index (χ1v) is 4.62. The maximum absolute atomic E-state index is 11.2. The molecule has 3 nitrogen and oxygen atoms in total. The van der Waals surface area contributed by atoms with Crippen LogP contribution in [0.4, 0.5) is 0 Å². The first-order chi connectivity index (χ1) is 5.59. The highest BCUT2D eigenvalue weighted by Gasteiger charge is 2.15. The number of hydrogen-bond donors (Lipinski definition) is 2. The molecule has 0 spiro atoms. The highest BCUT2D eigenvalue weighted by molar-refractivity contribution is 5.81. The van der Waals surface area contributed by atoms with E-state index in [1.54, 1.807) is 0 Å². The number of carbonyl (C=O) groups is 1. The van der Waals surface area contributed by atoms with Gasteiger partial charge in [-0.05, 0) is 12.3 Å². The van der Waals surface area contributed by atoms with Gasteiger partial charge in [-0.1, -0.05) is 27.2 Å². The maximum atomic E-state index is 11.2. The van der Waals surface area contributed by atoms with Gasteiger partial charge >= 0.3 is 0 Å². The van der Waals surface area contributed by atoms with Gasteiger partial charge in [0.25, 0.3) is 0 Å². The van der Waals surface area contributed by atoms with Crippen LogP contribution in [0.3, 0.4) is 0 Å². The van der Waals surface area contributed by atoms with Gasteiger partial charge in [-0.3, -0.25) is 4.79 Å². The zero-order valence-electron chi connectivity index (χ0n) is 8.26. The maximum Gasteiger partial charge on any atom is 0.237 e. The predicted molar refractivity (Wildman–Crippen MR) is 50.7 cm³/mol. The molecule has 0 fully saturated rings. The molecule has 0 aromatic carbocycles. The van der Waals surface area contributed by atoms with Gasteiger partial charge in [0, 0.05) is 6.54 Å². The van der Waals surface area contributed by atoms with Crippen LogP contribution in [0, 0.1) is 5.92 Å². The number of hydrogen-bond acceptors (Lipinski definition) is 2. The van der Waals surface area contributed by atoms with Crippen molar-refractivity contribution >= 4 is 5.91 Å². The standard InChI is InChI=1S/C9H20N2O/c1-4-5-6-11-9(12)8(10)7(2)3/h7-8H,4-6,10H2,1-3H3,(H,11,12)/t8-/m0/s1/i11+1. The zero-order valence-corrected chi connectivity index (χ0v) is 8.26. The van der Waals surface area contributed by atoms with Crippen molar-refractivity contribution < 1.29 is 4.79 Å². The SMILES string of the molecule is CCCC[15NH]C(=O)[C@@H](N)C(C)C. The second kappa shape index (κ2) is 6.00. The summed E-state index contributed by atoms with van der Waals surface area (Å²) in [5, 5.41) is 2.80. The van der Waals surface area contributed by atoms with Crippen molar-refractivity contribution in [1.29, 1.82) is 0 Å². The molecule has 0 aromatic heterocycles. The topological polar surface area (TPSA) is 55.1 Å². The monoisotopic (exact) mass is 173 g/mol. The van der Waals surface area contributed by atoms with Gasteiger partial charge in [-0.15, -0.1) is 0 Å². The van der Waals surface area contributed by atoms with Crippen molar-refractivity contribution in [2.45, 2.75) is 39.7 Å². The molecule has 0 bridgehead atoms. The number of nitrogens with one attached hydrogen (secondary N) is 1.